The molecule has 0 saturated carbocycles. The van der Waals surface area contributed by atoms with Gasteiger partial charge < -0.3 is 9.64 Å². The molecule has 1 aliphatic rings. The van der Waals surface area contributed by atoms with Gasteiger partial charge in [-0.1, -0.05) is 152 Å². The number of rotatable bonds is 5. The van der Waals surface area contributed by atoms with Gasteiger partial charge in [0.25, 0.3) is 0 Å². The van der Waals surface area contributed by atoms with Crippen LogP contribution in [0.2, 0.25) is 0 Å². The molecule has 0 bridgehead atoms. The number of benzene rings is 9. The van der Waals surface area contributed by atoms with Crippen molar-refractivity contribution in [3.63, 3.8) is 0 Å². The van der Waals surface area contributed by atoms with Crippen LogP contribution in [0.25, 0.3) is 82.9 Å². The van der Waals surface area contributed by atoms with Crippen molar-refractivity contribution in [3.05, 3.63) is 206 Å². The molecule has 276 valence electrons. The van der Waals surface area contributed by atoms with E-state index >= 15 is 0 Å². The van der Waals surface area contributed by atoms with Crippen molar-refractivity contribution in [1.82, 2.24) is 14.5 Å². The highest BCUT2D eigenvalue weighted by atomic mass is 16.5. The van der Waals surface area contributed by atoms with Crippen molar-refractivity contribution < 1.29 is 4.74 Å². The minimum atomic E-state index is 0.629. The zero-order chi connectivity index (χ0) is 38.9. The maximum atomic E-state index is 6.55. The molecular formula is C54H34N4O. The Hall–Kier alpha value is -8.02. The van der Waals surface area contributed by atoms with Crippen LogP contribution in [-0.2, 0) is 0 Å². The molecule has 9 aromatic carbocycles. The van der Waals surface area contributed by atoms with Gasteiger partial charge >= 0.3 is 0 Å². The maximum absolute atomic E-state index is 6.55. The molecule has 0 atom stereocenters. The van der Waals surface area contributed by atoms with Crippen molar-refractivity contribution >= 4 is 60.5 Å². The largest absolute Gasteiger partial charge is 0.453 e. The smallest absolute Gasteiger partial charge is 0.235 e. The van der Waals surface area contributed by atoms with E-state index in [1.807, 2.05) is 18.2 Å². The fourth-order valence-electron chi connectivity index (χ4n) is 8.90. The van der Waals surface area contributed by atoms with Crippen LogP contribution >= 0.6 is 0 Å². The van der Waals surface area contributed by atoms with Gasteiger partial charge in [-0.15, -0.1) is 0 Å². The summed E-state index contributed by atoms with van der Waals surface area (Å²) in [4.78, 5) is 13.1. The first-order chi connectivity index (χ1) is 29.3. The number of hydrogen-bond donors (Lipinski definition) is 0. The molecule has 0 spiro atoms. The minimum absolute atomic E-state index is 0.629. The van der Waals surface area contributed by atoms with Crippen LogP contribution in [0.1, 0.15) is 0 Å². The van der Waals surface area contributed by atoms with Gasteiger partial charge in [0.1, 0.15) is 0 Å². The van der Waals surface area contributed by atoms with Gasteiger partial charge in [-0.2, -0.15) is 0 Å². The highest BCUT2D eigenvalue weighted by Gasteiger charge is 2.27. The van der Waals surface area contributed by atoms with E-state index in [0.29, 0.717) is 5.95 Å². The monoisotopic (exact) mass is 754 g/mol. The normalized spacial score (nSPS) is 12.2. The topological polar surface area (TPSA) is 43.2 Å². The van der Waals surface area contributed by atoms with Crippen molar-refractivity contribution in [2.75, 3.05) is 4.90 Å². The van der Waals surface area contributed by atoms with Gasteiger partial charge in [0, 0.05) is 27.4 Å². The van der Waals surface area contributed by atoms with Gasteiger partial charge in [-0.05, 0) is 87.6 Å². The van der Waals surface area contributed by atoms with E-state index in [4.69, 9.17) is 14.7 Å². The average molecular weight is 755 g/mol. The number of hydrogen-bond acceptors (Lipinski definition) is 4. The molecule has 5 nitrogen and oxygen atoms in total. The maximum Gasteiger partial charge on any atom is 0.235 e. The SMILES string of the molecule is c1ccc(-c2ccc(-c3nc(-n4c5cccc(-c6ccc7c(c6)N(c6ccccc6)c6ccccc6O7)c5c5c6ccccc6ccc54)nc4ccccc34)cc2)cc1. The summed E-state index contributed by atoms with van der Waals surface area (Å²) in [7, 11) is 0. The molecule has 59 heavy (non-hydrogen) atoms. The van der Waals surface area contributed by atoms with E-state index in [1.165, 1.54) is 27.3 Å². The number of para-hydroxylation sites is 4. The lowest BCUT2D eigenvalue weighted by atomic mass is 9.96. The molecule has 0 aliphatic carbocycles. The van der Waals surface area contributed by atoms with E-state index in [2.05, 4.69) is 198 Å². The highest BCUT2D eigenvalue weighted by molar-refractivity contribution is 6.25. The second kappa shape index (κ2) is 13.3. The first-order valence-corrected chi connectivity index (χ1v) is 19.9. The Bertz CT molecular complexity index is 3410. The summed E-state index contributed by atoms with van der Waals surface area (Å²) in [5.41, 5.74) is 12.5. The predicted molar refractivity (Wildman–Crippen MR) is 242 cm³/mol. The first kappa shape index (κ1) is 33.2. The van der Waals surface area contributed by atoms with Crippen LogP contribution in [0.5, 0.6) is 11.5 Å². The molecule has 3 heterocycles. The molecule has 0 fully saturated rings. The predicted octanol–water partition coefficient (Wildman–Crippen LogP) is 14.5. The Morgan fingerprint density at radius 3 is 1.93 bits per heavy atom. The van der Waals surface area contributed by atoms with Crippen molar-refractivity contribution in [1.29, 1.82) is 0 Å². The molecule has 5 heteroatoms. The van der Waals surface area contributed by atoms with Crippen LogP contribution in [0.3, 0.4) is 0 Å². The lowest BCUT2D eigenvalue weighted by Crippen LogP contribution is -2.15. The Morgan fingerprint density at radius 2 is 1.07 bits per heavy atom. The van der Waals surface area contributed by atoms with E-state index in [-0.39, 0.29) is 0 Å². The molecule has 0 N–H and O–H groups in total. The summed E-state index contributed by atoms with van der Waals surface area (Å²) in [5.74, 6) is 2.27. The number of fused-ring (bicyclic) bond motifs is 8. The molecule has 11 aromatic rings. The third-order valence-electron chi connectivity index (χ3n) is 11.6. The quantitative estimate of drug-likeness (QED) is 0.175. The Labute approximate surface area is 340 Å². The fourth-order valence-corrected chi connectivity index (χ4v) is 8.90. The molecule has 0 saturated heterocycles. The van der Waals surface area contributed by atoms with Gasteiger partial charge in [-0.3, -0.25) is 4.57 Å². The summed E-state index contributed by atoms with van der Waals surface area (Å²) in [6.07, 6.45) is 0. The zero-order valence-electron chi connectivity index (χ0n) is 31.8. The molecular weight excluding hydrogens is 721 g/mol. The number of nitrogens with zero attached hydrogens (tertiary/aromatic N) is 4. The molecule has 12 rings (SSSR count). The summed E-state index contributed by atoms with van der Waals surface area (Å²) in [6.45, 7) is 0. The summed E-state index contributed by atoms with van der Waals surface area (Å²) >= 11 is 0. The molecule has 0 unspecified atom stereocenters. The van der Waals surface area contributed by atoms with Crippen molar-refractivity contribution in [2.24, 2.45) is 0 Å². The third-order valence-corrected chi connectivity index (χ3v) is 11.6. The molecule has 0 radical (unpaired) electrons. The number of ether oxygens (including phenoxy) is 1. The molecule has 1 aliphatic heterocycles. The van der Waals surface area contributed by atoms with Crippen LogP contribution in [-0.4, -0.2) is 14.5 Å². The van der Waals surface area contributed by atoms with Crippen LogP contribution in [0.15, 0.2) is 206 Å². The van der Waals surface area contributed by atoms with Crippen LogP contribution in [0.4, 0.5) is 17.1 Å². The van der Waals surface area contributed by atoms with Gasteiger partial charge in [0.2, 0.25) is 5.95 Å². The van der Waals surface area contributed by atoms with E-state index < -0.39 is 0 Å². The minimum Gasteiger partial charge on any atom is -0.453 e. The second-order valence-corrected chi connectivity index (χ2v) is 15.0. The van der Waals surface area contributed by atoms with Crippen LogP contribution < -0.4 is 9.64 Å². The Morgan fingerprint density at radius 1 is 0.407 bits per heavy atom. The molecule has 0 amide bonds. The number of aromatic nitrogens is 3. The standard InChI is InChI=1S/C54H34N4O/c1-3-14-35(15-4-1)36-26-28-38(29-27-36)53-43-20-9-10-22-44(43)55-54(56-53)58-46-24-13-21-42(52(46)51-41-19-8-7-16-37(41)30-32-47(51)58)39-31-33-50-48(34-39)57(40-17-5-2-6-18-40)45-23-11-12-25-49(45)59-50/h1-34H. The fraction of sp³-hybridized carbons (Fsp3) is 0. The van der Waals surface area contributed by atoms with Crippen molar-refractivity contribution in [2.45, 2.75) is 0 Å². The number of anilines is 3. The van der Waals surface area contributed by atoms with Gasteiger partial charge in [0.15, 0.2) is 11.5 Å². The summed E-state index contributed by atoms with van der Waals surface area (Å²) < 4.78 is 8.80. The van der Waals surface area contributed by atoms with Gasteiger partial charge in [-0.25, -0.2) is 9.97 Å². The Balaban J connectivity index is 1.10. The lowest BCUT2D eigenvalue weighted by molar-refractivity contribution is 0.477. The lowest BCUT2D eigenvalue weighted by Gasteiger charge is -2.33. The average Bonchev–Trinajstić information content (AvgIpc) is 3.66. The van der Waals surface area contributed by atoms with E-state index in [9.17, 15) is 0 Å². The third kappa shape index (κ3) is 5.33. The first-order valence-electron chi connectivity index (χ1n) is 19.9. The Kier molecular flexibility index (Phi) is 7.47. The summed E-state index contributed by atoms with van der Waals surface area (Å²) in [6, 6.07) is 72.5. The van der Waals surface area contributed by atoms with Crippen molar-refractivity contribution in [3.8, 4) is 51.0 Å². The molecule has 2 aromatic heterocycles. The van der Waals surface area contributed by atoms with Crippen LogP contribution in [0, 0.1) is 0 Å². The zero-order valence-corrected chi connectivity index (χ0v) is 31.8. The van der Waals surface area contributed by atoms with E-state index in [1.54, 1.807) is 0 Å². The highest BCUT2D eigenvalue weighted by Crippen LogP contribution is 2.52. The van der Waals surface area contributed by atoms with Gasteiger partial charge in [0.05, 0.1) is 33.6 Å². The van der Waals surface area contributed by atoms with E-state index in [0.717, 1.165) is 78.3 Å². The second-order valence-electron chi connectivity index (χ2n) is 15.0. The summed E-state index contributed by atoms with van der Waals surface area (Å²) in [5, 5.41) is 5.68.